The second-order valence-corrected chi connectivity index (χ2v) is 5.97. The Labute approximate surface area is 135 Å². The minimum Gasteiger partial charge on any atom is -0.491 e. The van der Waals surface area contributed by atoms with Crippen molar-refractivity contribution in [3.63, 3.8) is 0 Å². The molecule has 0 heterocycles. The summed E-state index contributed by atoms with van der Waals surface area (Å²) >= 11 is 0. The Morgan fingerprint density at radius 2 is 1.65 bits per heavy atom. The van der Waals surface area contributed by atoms with Gasteiger partial charge in [-0.2, -0.15) is 8.78 Å². The Bertz CT molecular complexity index is 545. The summed E-state index contributed by atoms with van der Waals surface area (Å²) in [6.07, 6.45) is 5.26. The van der Waals surface area contributed by atoms with Crippen molar-refractivity contribution in [3.8, 4) is 11.5 Å². The minimum atomic E-state index is -1.02. The van der Waals surface area contributed by atoms with Crippen molar-refractivity contribution in [1.82, 2.24) is 0 Å². The fourth-order valence-corrected chi connectivity index (χ4v) is 2.95. The molecule has 0 saturated heterocycles. The number of hydrogen-bond acceptors (Lipinski definition) is 2. The van der Waals surface area contributed by atoms with E-state index in [4.69, 9.17) is 9.47 Å². The molecule has 2 rings (SSSR count). The summed E-state index contributed by atoms with van der Waals surface area (Å²) in [4.78, 5) is 0. The third-order valence-electron chi connectivity index (χ3n) is 4.14. The van der Waals surface area contributed by atoms with Gasteiger partial charge < -0.3 is 9.47 Å². The normalized spacial score (nSPS) is 22.0. The van der Waals surface area contributed by atoms with Crippen LogP contribution in [0.1, 0.15) is 39.5 Å². The van der Waals surface area contributed by atoms with Gasteiger partial charge in [-0.3, -0.25) is 0 Å². The lowest BCUT2D eigenvalue weighted by molar-refractivity contribution is 0.186. The van der Waals surface area contributed by atoms with Crippen molar-refractivity contribution >= 4 is 0 Å². The van der Waals surface area contributed by atoms with Gasteiger partial charge in [-0.25, -0.2) is 4.39 Å². The molecule has 0 aliphatic heterocycles. The largest absolute Gasteiger partial charge is 0.491 e. The van der Waals surface area contributed by atoms with Crippen LogP contribution in [0.5, 0.6) is 11.5 Å². The van der Waals surface area contributed by atoms with E-state index < -0.39 is 11.6 Å². The quantitative estimate of drug-likeness (QED) is 0.694. The number of allylic oxidation sites excluding steroid dienone is 2. The molecule has 1 fully saturated rings. The predicted molar refractivity (Wildman–Crippen MR) is 83.3 cm³/mol. The first kappa shape index (κ1) is 17.7. The summed E-state index contributed by atoms with van der Waals surface area (Å²) in [6, 6.07) is 2.77. The molecule has 23 heavy (non-hydrogen) atoms. The van der Waals surface area contributed by atoms with Gasteiger partial charge in [0.05, 0.1) is 19.0 Å². The SMILES string of the molecule is CCOc1ccc(OCC2CCC(C=C(C)F)CC2)c(F)c1F. The van der Waals surface area contributed by atoms with E-state index in [0.717, 1.165) is 25.7 Å². The molecule has 0 radical (unpaired) electrons. The Kier molecular flexibility index (Phi) is 6.37. The van der Waals surface area contributed by atoms with Gasteiger partial charge in [0.15, 0.2) is 11.5 Å². The van der Waals surface area contributed by atoms with Crippen LogP contribution >= 0.6 is 0 Å². The molecule has 0 spiro atoms. The van der Waals surface area contributed by atoms with E-state index in [1.807, 2.05) is 0 Å². The van der Waals surface area contributed by atoms with Crippen molar-refractivity contribution in [3.05, 3.63) is 35.7 Å². The fraction of sp³-hybridized carbons (Fsp3) is 0.556. The molecule has 1 aromatic rings. The minimum absolute atomic E-state index is 0.0902. The van der Waals surface area contributed by atoms with Gasteiger partial charge in [-0.15, -0.1) is 0 Å². The number of halogens is 3. The Morgan fingerprint density at radius 3 is 2.17 bits per heavy atom. The molecule has 0 unspecified atom stereocenters. The van der Waals surface area contributed by atoms with Crippen LogP contribution in [-0.4, -0.2) is 13.2 Å². The van der Waals surface area contributed by atoms with E-state index in [2.05, 4.69) is 0 Å². The van der Waals surface area contributed by atoms with Crippen molar-refractivity contribution < 1.29 is 22.6 Å². The van der Waals surface area contributed by atoms with Gasteiger partial charge in [0, 0.05) is 0 Å². The average Bonchev–Trinajstić information content (AvgIpc) is 2.52. The lowest BCUT2D eigenvalue weighted by Gasteiger charge is -2.26. The second kappa shape index (κ2) is 8.27. The van der Waals surface area contributed by atoms with Crippen LogP contribution in [0.3, 0.4) is 0 Å². The number of benzene rings is 1. The smallest absolute Gasteiger partial charge is 0.204 e. The van der Waals surface area contributed by atoms with E-state index in [-0.39, 0.29) is 35.8 Å². The molecule has 5 heteroatoms. The van der Waals surface area contributed by atoms with Gasteiger partial charge in [-0.1, -0.05) is 6.08 Å². The summed E-state index contributed by atoms with van der Waals surface area (Å²) < 4.78 is 51.0. The van der Waals surface area contributed by atoms with E-state index in [1.54, 1.807) is 13.0 Å². The molecule has 1 saturated carbocycles. The Hall–Kier alpha value is -1.65. The van der Waals surface area contributed by atoms with Crippen molar-refractivity contribution in [2.45, 2.75) is 39.5 Å². The average molecular weight is 328 g/mol. The first-order valence-corrected chi connectivity index (χ1v) is 8.08. The highest BCUT2D eigenvalue weighted by Crippen LogP contribution is 2.32. The first-order chi connectivity index (χ1) is 11.0. The van der Waals surface area contributed by atoms with Crippen molar-refractivity contribution in [1.29, 1.82) is 0 Å². The van der Waals surface area contributed by atoms with Gasteiger partial charge >= 0.3 is 0 Å². The van der Waals surface area contributed by atoms with E-state index in [0.29, 0.717) is 6.61 Å². The van der Waals surface area contributed by atoms with Crippen LogP contribution in [0.2, 0.25) is 0 Å². The molecule has 0 aromatic heterocycles. The molecule has 2 nitrogen and oxygen atoms in total. The number of rotatable bonds is 6. The van der Waals surface area contributed by atoms with Crippen molar-refractivity contribution in [2.24, 2.45) is 11.8 Å². The van der Waals surface area contributed by atoms with E-state index in [9.17, 15) is 13.2 Å². The van der Waals surface area contributed by atoms with E-state index in [1.165, 1.54) is 19.1 Å². The maximum Gasteiger partial charge on any atom is 0.204 e. The third kappa shape index (κ3) is 4.91. The molecule has 1 aliphatic carbocycles. The zero-order valence-corrected chi connectivity index (χ0v) is 13.6. The topological polar surface area (TPSA) is 18.5 Å². The first-order valence-electron chi connectivity index (χ1n) is 8.08. The molecular weight excluding hydrogens is 305 g/mol. The fourth-order valence-electron chi connectivity index (χ4n) is 2.95. The maximum absolute atomic E-state index is 13.9. The molecular formula is C18H23F3O2. The maximum atomic E-state index is 13.9. The number of ether oxygens (including phenoxy) is 2. The third-order valence-corrected chi connectivity index (χ3v) is 4.14. The molecule has 0 bridgehead atoms. The summed E-state index contributed by atoms with van der Waals surface area (Å²) in [5.41, 5.74) is 0. The lowest BCUT2D eigenvalue weighted by atomic mass is 9.82. The monoisotopic (exact) mass is 328 g/mol. The van der Waals surface area contributed by atoms with Crippen molar-refractivity contribution in [2.75, 3.05) is 13.2 Å². The van der Waals surface area contributed by atoms with Crippen LogP contribution in [0.4, 0.5) is 13.2 Å². The van der Waals surface area contributed by atoms with Gasteiger partial charge in [-0.05, 0) is 63.5 Å². The lowest BCUT2D eigenvalue weighted by Crippen LogP contribution is -2.19. The predicted octanol–water partition coefficient (Wildman–Crippen LogP) is 5.42. The van der Waals surface area contributed by atoms with Crippen LogP contribution in [-0.2, 0) is 0 Å². The Morgan fingerprint density at radius 1 is 1.09 bits per heavy atom. The van der Waals surface area contributed by atoms with Crippen LogP contribution < -0.4 is 9.47 Å². The molecule has 128 valence electrons. The summed E-state index contributed by atoms with van der Waals surface area (Å²) in [6.45, 7) is 3.78. The summed E-state index contributed by atoms with van der Waals surface area (Å²) in [5, 5.41) is 0. The molecule has 0 N–H and O–H groups in total. The van der Waals surface area contributed by atoms with Crippen LogP contribution in [0, 0.1) is 23.5 Å². The highest BCUT2D eigenvalue weighted by molar-refractivity contribution is 5.35. The summed E-state index contributed by atoms with van der Waals surface area (Å²) in [5.74, 6) is -1.81. The zero-order valence-electron chi connectivity index (χ0n) is 13.6. The molecule has 1 aliphatic rings. The van der Waals surface area contributed by atoms with Crippen LogP contribution in [0.15, 0.2) is 24.0 Å². The zero-order chi connectivity index (χ0) is 16.8. The molecule has 0 atom stereocenters. The van der Waals surface area contributed by atoms with E-state index >= 15 is 0 Å². The van der Waals surface area contributed by atoms with Gasteiger partial charge in [0.2, 0.25) is 11.6 Å². The number of hydrogen-bond donors (Lipinski definition) is 0. The Balaban J connectivity index is 1.87. The van der Waals surface area contributed by atoms with Crippen LogP contribution in [0.25, 0.3) is 0 Å². The van der Waals surface area contributed by atoms with Gasteiger partial charge in [0.25, 0.3) is 0 Å². The molecule has 0 amide bonds. The van der Waals surface area contributed by atoms with Gasteiger partial charge in [0.1, 0.15) is 0 Å². The highest BCUT2D eigenvalue weighted by atomic mass is 19.2. The second-order valence-electron chi connectivity index (χ2n) is 5.97. The molecule has 1 aromatic carbocycles. The highest BCUT2D eigenvalue weighted by Gasteiger charge is 2.22. The standard InChI is InChI=1S/C18H23F3O2/c1-3-22-15-8-9-16(18(21)17(15)20)23-11-14-6-4-13(5-7-14)10-12(2)19/h8-10,13-14H,3-7,11H2,1-2H3. The summed E-state index contributed by atoms with van der Waals surface area (Å²) in [7, 11) is 0.